The lowest BCUT2D eigenvalue weighted by Crippen LogP contribution is -2.21. The van der Waals surface area contributed by atoms with Gasteiger partial charge in [-0.05, 0) is 46.3 Å². The number of carbonyl (C=O) groups excluding carboxylic acids is 1. The van der Waals surface area contributed by atoms with Gasteiger partial charge in [-0.25, -0.2) is 0 Å². The van der Waals surface area contributed by atoms with Crippen molar-refractivity contribution in [1.29, 1.82) is 0 Å². The summed E-state index contributed by atoms with van der Waals surface area (Å²) in [5.74, 6) is -0.380. The Kier molecular flexibility index (Phi) is 5.79. The van der Waals surface area contributed by atoms with E-state index in [1.54, 1.807) is 23.5 Å². The zero-order valence-electron chi connectivity index (χ0n) is 15.3. The Balaban J connectivity index is 1.69. The molecule has 0 N–H and O–H groups in total. The summed E-state index contributed by atoms with van der Waals surface area (Å²) in [4.78, 5) is 12.1. The molecule has 0 aliphatic heterocycles. The van der Waals surface area contributed by atoms with Crippen molar-refractivity contribution in [2.45, 2.75) is 6.61 Å². The quantitative estimate of drug-likeness (QED) is 0.363. The fourth-order valence-corrected chi connectivity index (χ4v) is 4.35. The van der Waals surface area contributed by atoms with Crippen LogP contribution in [-0.4, -0.2) is 5.97 Å². The fraction of sp³-hybridized carbons (Fsp3) is 0.0417. The van der Waals surface area contributed by atoms with Gasteiger partial charge < -0.3 is 14.6 Å². The summed E-state index contributed by atoms with van der Waals surface area (Å²) < 4.78 is 7.10. The molecule has 0 spiro atoms. The zero-order chi connectivity index (χ0) is 20.2. The predicted molar refractivity (Wildman–Crippen MR) is 118 cm³/mol. The highest BCUT2D eigenvalue weighted by Crippen LogP contribution is 2.42. The van der Waals surface area contributed by atoms with E-state index in [1.807, 2.05) is 66.0 Å². The molecule has 4 aromatic rings. The van der Waals surface area contributed by atoms with Gasteiger partial charge >= 0.3 is 0 Å². The SMILES string of the molecule is O=C([O-])c1ccc(-c2sccc2-c2cc(Br)ccc2OCc2ccccc2)cc1. The van der Waals surface area contributed by atoms with E-state index in [0.29, 0.717) is 6.61 Å². The number of benzene rings is 3. The molecule has 1 heterocycles. The molecule has 0 unspecified atom stereocenters. The van der Waals surface area contributed by atoms with Crippen molar-refractivity contribution in [3.8, 4) is 27.3 Å². The van der Waals surface area contributed by atoms with Crippen LogP contribution < -0.4 is 9.84 Å². The molecule has 3 nitrogen and oxygen atoms in total. The lowest BCUT2D eigenvalue weighted by molar-refractivity contribution is -0.255. The van der Waals surface area contributed by atoms with Crippen LogP contribution in [0.15, 0.2) is 88.7 Å². The Bertz CT molecular complexity index is 1130. The first-order chi connectivity index (χ1) is 14.1. The largest absolute Gasteiger partial charge is 0.545 e. The summed E-state index contributed by atoms with van der Waals surface area (Å²) in [5, 5.41) is 13.1. The molecule has 1 aromatic heterocycles. The van der Waals surface area contributed by atoms with Crippen molar-refractivity contribution >= 4 is 33.2 Å². The normalized spacial score (nSPS) is 10.7. The van der Waals surface area contributed by atoms with Crippen LogP contribution in [0, 0.1) is 0 Å². The maximum absolute atomic E-state index is 11.0. The summed E-state index contributed by atoms with van der Waals surface area (Å²) in [6.07, 6.45) is 0. The van der Waals surface area contributed by atoms with E-state index in [2.05, 4.69) is 22.0 Å². The van der Waals surface area contributed by atoms with Crippen LogP contribution in [0.3, 0.4) is 0 Å². The molecule has 0 bridgehead atoms. The summed E-state index contributed by atoms with van der Waals surface area (Å²) in [5.41, 5.74) is 4.25. The van der Waals surface area contributed by atoms with E-state index < -0.39 is 5.97 Å². The number of carboxylic acid groups (broad SMARTS) is 1. The van der Waals surface area contributed by atoms with Gasteiger partial charge in [0.05, 0.1) is 5.97 Å². The van der Waals surface area contributed by atoms with Crippen LogP contribution in [0.25, 0.3) is 21.6 Å². The number of ether oxygens (including phenoxy) is 1. The molecule has 29 heavy (non-hydrogen) atoms. The summed E-state index contributed by atoms with van der Waals surface area (Å²) >= 11 is 5.17. The second-order valence-electron chi connectivity index (χ2n) is 6.44. The van der Waals surface area contributed by atoms with Gasteiger partial charge in [-0.1, -0.05) is 70.5 Å². The third-order valence-corrected chi connectivity index (χ3v) is 5.97. The van der Waals surface area contributed by atoms with Gasteiger partial charge in [-0.15, -0.1) is 11.3 Å². The average Bonchev–Trinajstić information content (AvgIpc) is 3.23. The third kappa shape index (κ3) is 4.42. The van der Waals surface area contributed by atoms with Crippen molar-refractivity contribution in [2.24, 2.45) is 0 Å². The van der Waals surface area contributed by atoms with Crippen LogP contribution in [0.4, 0.5) is 0 Å². The molecule has 5 heteroatoms. The molecule has 0 fully saturated rings. The number of hydrogen-bond donors (Lipinski definition) is 0. The second-order valence-corrected chi connectivity index (χ2v) is 8.27. The lowest BCUT2D eigenvalue weighted by Gasteiger charge is -2.13. The highest BCUT2D eigenvalue weighted by atomic mass is 79.9. The highest BCUT2D eigenvalue weighted by Gasteiger charge is 2.15. The Hall–Kier alpha value is -2.89. The molecule has 0 aliphatic rings. The number of halogens is 1. The number of carbonyl (C=O) groups is 1. The van der Waals surface area contributed by atoms with Gasteiger partial charge in [0.25, 0.3) is 0 Å². The van der Waals surface area contributed by atoms with E-state index in [0.717, 1.165) is 37.4 Å². The van der Waals surface area contributed by atoms with Crippen molar-refractivity contribution in [1.82, 2.24) is 0 Å². The van der Waals surface area contributed by atoms with Crippen LogP contribution in [0.2, 0.25) is 0 Å². The lowest BCUT2D eigenvalue weighted by atomic mass is 10.0. The van der Waals surface area contributed by atoms with E-state index in [9.17, 15) is 9.90 Å². The van der Waals surface area contributed by atoms with E-state index >= 15 is 0 Å². The summed E-state index contributed by atoms with van der Waals surface area (Å²) in [7, 11) is 0. The first-order valence-corrected chi connectivity index (χ1v) is 10.6. The maximum Gasteiger partial charge on any atom is 0.127 e. The highest BCUT2D eigenvalue weighted by molar-refractivity contribution is 9.10. The van der Waals surface area contributed by atoms with Gasteiger partial charge in [0.15, 0.2) is 0 Å². The molecule has 0 aliphatic carbocycles. The average molecular weight is 464 g/mol. The molecule has 0 amide bonds. The number of hydrogen-bond acceptors (Lipinski definition) is 4. The molecule has 0 saturated carbocycles. The smallest absolute Gasteiger partial charge is 0.127 e. The number of carboxylic acids is 1. The number of aromatic carboxylic acids is 1. The van der Waals surface area contributed by atoms with Crippen LogP contribution in [0.5, 0.6) is 5.75 Å². The number of rotatable bonds is 6. The molecule has 0 saturated heterocycles. The van der Waals surface area contributed by atoms with Crippen LogP contribution >= 0.6 is 27.3 Å². The van der Waals surface area contributed by atoms with Crippen LogP contribution in [-0.2, 0) is 6.61 Å². The fourth-order valence-electron chi connectivity index (χ4n) is 3.08. The third-order valence-electron chi connectivity index (χ3n) is 4.52. The molecular formula is C24H16BrO3S-. The predicted octanol–water partition coefficient (Wildman–Crippen LogP) is 5.79. The second kappa shape index (κ2) is 8.64. The Morgan fingerprint density at radius 2 is 1.69 bits per heavy atom. The van der Waals surface area contributed by atoms with Gasteiger partial charge in [0.2, 0.25) is 0 Å². The van der Waals surface area contributed by atoms with Gasteiger partial charge in [0, 0.05) is 20.5 Å². The molecular weight excluding hydrogens is 448 g/mol. The van der Waals surface area contributed by atoms with Gasteiger partial charge in [-0.2, -0.15) is 0 Å². The maximum atomic E-state index is 11.0. The van der Waals surface area contributed by atoms with Crippen molar-refractivity contribution in [3.05, 3.63) is 99.8 Å². The Morgan fingerprint density at radius 1 is 0.931 bits per heavy atom. The standard InChI is InChI=1S/C24H17BrO3S/c25-19-10-11-22(28-15-16-4-2-1-3-5-16)21(14-19)20-12-13-29-23(20)17-6-8-18(9-7-17)24(26)27/h1-14H,15H2,(H,26,27)/p-1. The summed E-state index contributed by atoms with van der Waals surface area (Å²) in [6, 6.07) is 24.8. The zero-order valence-corrected chi connectivity index (χ0v) is 17.7. The van der Waals surface area contributed by atoms with Crippen LogP contribution in [0.1, 0.15) is 15.9 Å². The molecule has 0 atom stereocenters. The molecule has 3 aromatic carbocycles. The van der Waals surface area contributed by atoms with Gasteiger partial charge in [-0.3, -0.25) is 0 Å². The van der Waals surface area contributed by atoms with E-state index in [1.165, 1.54) is 0 Å². The molecule has 4 rings (SSSR count). The van der Waals surface area contributed by atoms with E-state index in [-0.39, 0.29) is 5.56 Å². The van der Waals surface area contributed by atoms with Crippen molar-refractivity contribution in [3.63, 3.8) is 0 Å². The van der Waals surface area contributed by atoms with Crippen molar-refractivity contribution in [2.75, 3.05) is 0 Å². The first kappa shape index (κ1) is 19.4. The topological polar surface area (TPSA) is 49.4 Å². The molecule has 144 valence electrons. The van der Waals surface area contributed by atoms with Crippen molar-refractivity contribution < 1.29 is 14.6 Å². The summed E-state index contributed by atoms with van der Waals surface area (Å²) in [6.45, 7) is 0.481. The van der Waals surface area contributed by atoms with Gasteiger partial charge in [0.1, 0.15) is 12.4 Å². The Labute approximate surface area is 181 Å². The minimum Gasteiger partial charge on any atom is -0.545 e. The number of thiophene rings is 1. The molecule has 0 radical (unpaired) electrons. The monoisotopic (exact) mass is 463 g/mol. The first-order valence-electron chi connectivity index (χ1n) is 8.98. The van der Waals surface area contributed by atoms with E-state index in [4.69, 9.17) is 4.74 Å². The minimum atomic E-state index is -1.17. The minimum absolute atomic E-state index is 0.168. The Morgan fingerprint density at radius 3 is 2.41 bits per heavy atom.